The number of aromatic carboxylic acids is 1. The molecule has 0 amide bonds. The van der Waals surface area contributed by atoms with Gasteiger partial charge in [-0.1, -0.05) is 0 Å². The molecule has 6 nitrogen and oxygen atoms in total. The maximum Gasteiger partial charge on any atom is 0.339 e. The second-order valence-electron chi connectivity index (χ2n) is 3.94. The van der Waals surface area contributed by atoms with Crippen LogP contribution in [0.4, 0.5) is 0 Å². The number of aromatic nitrogens is 2. The average Bonchev–Trinajstić information content (AvgIpc) is 2.82. The summed E-state index contributed by atoms with van der Waals surface area (Å²) in [6.45, 7) is 1.01. The van der Waals surface area contributed by atoms with Crippen molar-refractivity contribution in [3.8, 4) is 0 Å². The third kappa shape index (κ3) is 2.92. The van der Waals surface area contributed by atoms with Gasteiger partial charge in [0.25, 0.3) is 0 Å². The lowest BCUT2D eigenvalue weighted by molar-refractivity contribution is 0.0693. The molecule has 0 aliphatic rings. The first kappa shape index (κ1) is 12.3. The van der Waals surface area contributed by atoms with Crippen LogP contribution in [-0.4, -0.2) is 33.0 Å². The summed E-state index contributed by atoms with van der Waals surface area (Å²) in [5.74, 6) is -0.194. The maximum atomic E-state index is 11.0. The van der Waals surface area contributed by atoms with Crippen LogP contribution in [0.25, 0.3) is 0 Å². The number of hydrogen-bond donors (Lipinski definition) is 1. The summed E-state index contributed by atoms with van der Waals surface area (Å²) in [4.78, 5) is 20.7. The first-order valence-corrected chi connectivity index (χ1v) is 5.40. The van der Waals surface area contributed by atoms with Crippen molar-refractivity contribution in [3.05, 3.63) is 47.9 Å². The van der Waals surface area contributed by atoms with E-state index in [9.17, 15) is 4.79 Å². The van der Waals surface area contributed by atoms with Crippen molar-refractivity contribution in [2.24, 2.45) is 0 Å². The largest absolute Gasteiger partial charge is 0.478 e. The summed E-state index contributed by atoms with van der Waals surface area (Å²) in [7, 11) is 1.87. The fourth-order valence-electron chi connectivity index (χ4n) is 1.64. The molecule has 0 saturated carbocycles. The lowest BCUT2D eigenvalue weighted by Crippen LogP contribution is -2.20. The number of nitrogens with zero attached hydrogens (tertiary/aromatic N) is 3. The van der Waals surface area contributed by atoms with E-state index < -0.39 is 5.97 Å². The van der Waals surface area contributed by atoms with Gasteiger partial charge in [-0.25, -0.2) is 14.8 Å². The van der Waals surface area contributed by atoms with E-state index in [2.05, 4.69) is 9.97 Å². The van der Waals surface area contributed by atoms with Gasteiger partial charge in [0, 0.05) is 12.7 Å². The van der Waals surface area contributed by atoms with Gasteiger partial charge in [-0.2, -0.15) is 0 Å². The SMILES string of the molecule is CN(Cc1ccco1)Cc1ncncc1C(=O)O. The average molecular weight is 247 g/mol. The Hall–Kier alpha value is -2.21. The van der Waals surface area contributed by atoms with Crippen LogP contribution in [0.1, 0.15) is 21.8 Å². The van der Waals surface area contributed by atoms with Crippen molar-refractivity contribution in [1.82, 2.24) is 14.9 Å². The van der Waals surface area contributed by atoms with E-state index >= 15 is 0 Å². The highest BCUT2D eigenvalue weighted by atomic mass is 16.4. The monoisotopic (exact) mass is 247 g/mol. The fourth-order valence-corrected chi connectivity index (χ4v) is 1.64. The molecular formula is C12H13N3O3. The number of carboxylic acids is 1. The van der Waals surface area contributed by atoms with Gasteiger partial charge in [-0.3, -0.25) is 4.90 Å². The molecule has 0 aromatic carbocycles. The van der Waals surface area contributed by atoms with Gasteiger partial charge in [0.1, 0.15) is 17.7 Å². The summed E-state index contributed by atoms with van der Waals surface area (Å²) < 4.78 is 5.23. The zero-order valence-electron chi connectivity index (χ0n) is 9.91. The minimum atomic E-state index is -1.02. The predicted octanol–water partition coefficient (Wildman–Crippen LogP) is 1.40. The molecule has 0 bridgehead atoms. The molecule has 0 fully saturated rings. The highest BCUT2D eigenvalue weighted by molar-refractivity contribution is 5.88. The molecule has 0 atom stereocenters. The number of carboxylic acid groups (broad SMARTS) is 1. The third-order valence-corrected chi connectivity index (χ3v) is 2.45. The number of rotatable bonds is 5. The van der Waals surface area contributed by atoms with E-state index in [-0.39, 0.29) is 5.56 Å². The number of carbonyl (C=O) groups is 1. The van der Waals surface area contributed by atoms with Crippen LogP contribution in [0.15, 0.2) is 35.3 Å². The lowest BCUT2D eigenvalue weighted by Gasteiger charge is -2.15. The van der Waals surface area contributed by atoms with Crippen LogP contribution in [0.5, 0.6) is 0 Å². The van der Waals surface area contributed by atoms with E-state index in [1.54, 1.807) is 6.26 Å². The topological polar surface area (TPSA) is 79.5 Å². The zero-order chi connectivity index (χ0) is 13.0. The first-order chi connectivity index (χ1) is 8.66. The Balaban J connectivity index is 2.07. The Kier molecular flexibility index (Phi) is 3.69. The van der Waals surface area contributed by atoms with Gasteiger partial charge >= 0.3 is 5.97 Å². The molecule has 0 aliphatic heterocycles. The molecule has 2 heterocycles. The molecule has 0 unspecified atom stereocenters. The lowest BCUT2D eigenvalue weighted by atomic mass is 10.2. The Labute approximate surface area is 104 Å². The molecule has 1 N–H and O–H groups in total. The summed E-state index contributed by atoms with van der Waals surface area (Å²) in [6.07, 6.45) is 4.27. The van der Waals surface area contributed by atoms with Gasteiger partial charge in [-0.05, 0) is 19.2 Å². The first-order valence-electron chi connectivity index (χ1n) is 5.40. The van der Waals surface area contributed by atoms with Crippen LogP contribution >= 0.6 is 0 Å². The molecule has 2 aromatic rings. The molecule has 18 heavy (non-hydrogen) atoms. The molecule has 2 aromatic heterocycles. The van der Waals surface area contributed by atoms with Crippen LogP contribution in [-0.2, 0) is 13.1 Å². The summed E-state index contributed by atoms with van der Waals surface area (Å²) in [6, 6.07) is 3.69. The second kappa shape index (κ2) is 5.42. The minimum absolute atomic E-state index is 0.129. The molecule has 2 rings (SSSR count). The summed E-state index contributed by atoms with van der Waals surface area (Å²) in [5.41, 5.74) is 0.621. The second-order valence-corrected chi connectivity index (χ2v) is 3.94. The van der Waals surface area contributed by atoms with Crippen molar-refractivity contribution < 1.29 is 14.3 Å². The molecule has 94 valence electrons. The maximum absolute atomic E-state index is 11.0. The van der Waals surface area contributed by atoms with Crippen LogP contribution < -0.4 is 0 Å². The van der Waals surface area contributed by atoms with E-state index in [0.29, 0.717) is 18.8 Å². The van der Waals surface area contributed by atoms with Crippen molar-refractivity contribution in [2.75, 3.05) is 7.05 Å². The molecule has 6 heteroatoms. The normalized spacial score (nSPS) is 10.8. The Morgan fingerprint density at radius 2 is 2.33 bits per heavy atom. The Morgan fingerprint density at radius 3 is 3.00 bits per heavy atom. The van der Waals surface area contributed by atoms with Crippen LogP contribution in [0.3, 0.4) is 0 Å². The third-order valence-electron chi connectivity index (χ3n) is 2.45. The highest BCUT2D eigenvalue weighted by Crippen LogP contribution is 2.10. The highest BCUT2D eigenvalue weighted by Gasteiger charge is 2.13. The van der Waals surface area contributed by atoms with Crippen LogP contribution in [0, 0.1) is 0 Å². The summed E-state index contributed by atoms with van der Waals surface area (Å²) in [5, 5.41) is 9.02. The van der Waals surface area contributed by atoms with E-state index in [1.165, 1.54) is 12.5 Å². The minimum Gasteiger partial charge on any atom is -0.478 e. The molecule has 0 saturated heterocycles. The van der Waals surface area contributed by atoms with Gasteiger partial charge in [0.05, 0.1) is 18.5 Å². The Bertz CT molecular complexity index is 525. The van der Waals surface area contributed by atoms with Crippen LogP contribution in [0.2, 0.25) is 0 Å². The molecule has 0 radical (unpaired) electrons. The fraction of sp³-hybridized carbons (Fsp3) is 0.250. The van der Waals surface area contributed by atoms with E-state index in [0.717, 1.165) is 5.76 Å². The van der Waals surface area contributed by atoms with Gasteiger partial charge in [-0.15, -0.1) is 0 Å². The van der Waals surface area contributed by atoms with Crippen molar-refractivity contribution in [3.63, 3.8) is 0 Å². The number of hydrogen-bond acceptors (Lipinski definition) is 5. The quantitative estimate of drug-likeness (QED) is 0.860. The van der Waals surface area contributed by atoms with Gasteiger partial charge in [0.15, 0.2) is 0 Å². The van der Waals surface area contributed by atoms with Crippen molar-refractivity contribution in [2.45, 2.75) is 13.1 Å². The van der Waals surface area contributed by atoms with Gasteiger partial charge in [0.2, 0.25) is 0 Å². The summed E-state index contributed by atoms with van der Waals surface area (Å²) >= 11 is 0. The predicted molar refractivity (Wildman–Crippen MR) is 62.9 cm³/mol. The van der Waals surface area contributed by atoms with Crippen molar-refractivity contribution in [1.29, 1.82) is 0 Å². The number of furan rings is 1. The van der Waals surface area contributed by atoms with E-state index in [1.807, 2.05) is 24.1 Å². The van der Waals surface area contributed by atoms with E-state index in [4.69, 9.17) is 9.52 Å². The zero-order valence-corrected chi connectivity index (χ0v) is 9.91. The molecule has 0 spiro atoms. The smallest absolute Gasteiger partial charge is 0.339 e. The standard InChI is InChI=1S/C12H13N3O3/c1-15(6-9-3-2-4-18-9)7-11-10(12(16)17)5-13-8-14-11/h2-5,8H,6-7H2,1H3,(H,16,17). The molecule has 0 aliphatic carbocycles. The van der Waals surface area contributed by atoms with Gasteiger partial charge < -0.3 is 9.52 Å². The Morgan fingerprint density at radius 1 is 1.50 bits per heavy atom. The molecular weight excluding hydrogens is 234 g/mol. The van der Waals surface area contributed by atoms with Crippen molar-refractivity contribution >= 4 is 5.97 Å².